The third kappa shape index (κ3) is 5.23. The number of aryl methyl sites for hydroxylation is 2. The fraction of sp³-hybridized carbons (Fsp3) is 0.200. The molecule has 1 heterocycles. The van der Waals surface area contributed by atoms with Crippen LogP contribution in [0.2, 0.25) is 5.02 Å². The van der Waals surface area contributed by atoms with Crippen molar-refractivity contribution in [2.75, 3.05) is 5.32 Å². The Bertz CT molecular complexity index is 1010. The predicted octanol–water partition coefficient (Wildman–Crippen LogP) is 5.38. The van der Waals surface area contributed by atoms with Gasteiger partial charge >= 0.3 is 6.61 Å². The summed E-state index contributed by atoms with van der Waals surface area (Å²) in [5.74, 6) is 0.344. The fourth-order valence-corrected chi connectivity index (χ4v) is 2.72. The molecule has 0 radical (unpaired) electrons. The van der Waals surface area contributed by atoms with Gasteiger partial charge in [-0.2, -0.15) is 8.78 Å². The van der Waals surface area contributed by atoms with Crippen LogP contribution in [0.4, 0.5) is 14.5 Å². The Balaban J connectivity index is 1.71. The van der Waals surface area contributed by atoms with Crippen LogP contribution < -0.4 is 14.8 Å². The van der Waals surface area contributed by atoms with E-state index in [4.69, 9.17) is 20.9 Å². The van der Waals surface area contributed by atoms with Gasteiger partial charge in [0.25, 0.3) is 5.91 Å². The van der Waals surface area contributed by atoms with Gasteiger partial charge in [-0.25, -0.2) is 0 Å². The van der Waals surface area contributed by atoms with Crippen LogP contribution >= 0.6 is 11.6 Å². The first-order valence-electron chi connectivity index (χ1n) is 8.54. The first-order valence-corrected chi connectivity index (χ1v) is 8.91. The summed E-state index contributed by atoms with van der Waals surface area (Å²) >= 11 is 5.90. The second-order valence-electron chi connectivity index (χ2n) is 6.15. The number of hydrogen-bond donors (Lipinski definition) is 1. The largest absolute Gasteiger partial charge is 0.489 e. The first-order chi connectivity index (χ1) is 13.8. The number of amides is 1. The highest BCUT2D eigenvalue weighted by Crippen LogP contribution is 2.29. The SMILES string of the molecule is Cc1ccc(OCc2c(C(=O)Nc3ccc(OC(F)F)c(Cl)c3)noc2C)cc1. The van der Waals surface area contributed by atoms with Crippen LogP contribution in [0.5, 0.6) is 11.5 Å². The average Bonchev–Trinajstić information content (AvgIpc) is 3.04. The number of nitrogens with one attached hydrogen (secondary N) is 1. The molecule has 0 unspecified atom stereocenters. The number of nitrogens with zero attached hydrogens (tertiary/aromatic N) is 1. The first kappa shape index (κ1) is 20.6. The summed E-state index contributed by atoms with van der Waals surface area (Å²) in [5, 5.41) is 6.32. The van der Waals surface area contributed by atoms with Gasteiger partial charge in [-0.15, -0.1) is 0 Å². The molecule has 0 saturated heterocycles. The lowest BCUT2D eigenvalue weighted by Gasteiger charge is -2.10. The predicted molar refractivity (Wildman–Crippen MR) is 103 cm³/mol. The monoisotopic (exact) mass is 422 g/mol. The van der Waals surface area contributed by atoms with Gasteiger partial charge in [0, 0.05) is 5.69 Å². The van der Waals surface area contributed by atoms with Crippen molar-refractivity contribution < 1.29 is 27.6 Å². The molecule has 1 amide bonds. The second-order valence-corrected chi connectivity index (χ2v) is 6.55. The van der Waals surface area contributed by atoms with E-state index in [2.05, 4.69) is 15.2 Å². The number of aromatic nitrogens is 1. The maximum Gasteiger partial charge on any atom is 0.387 e. The van der Waals surface area contributed by atoms with Crippen molar-refractivity contribution in [1.29, 1.82) is 0 Å². The lowest BCUT2D eigenvalue weighted by Crippen LogP contribution is -2.15. The Morgan fingerprint density at radius 1 is 1.21 bits per heavy atom. The fourth-order valence-electron chi connectivity index (χ4n) is 2.49. The molecule has 0 aliphatic heterocycles. The van der Waals surface area contributed by atoms with E-state index in [-0.39, 0.29) is 28.8 Å². The molecule has 152 valence electrons. The Labute approximate surface area is 170 Å². The number of anilines is 1. The number of benzene rings is 2. The van der Waals surface area contributed by atoms with Crippen LogP contribution in [0, 0.1) is 13.8 Å². The van der Waals surface area contributed by atoms with E-state index in [1.54, 1.807) is 6.92 Å². The van der Waals surface area contributed by atoms with Crippen LogP contribution in [0.15, 0.2) is 47.0 Å². The summed E-state index contributed by atoms with van der Waals surface area (Å²) in [4.78, 5) is 12.6. The summed E-state index contributed by atoms with van der Waals surface area (Å²) in [6, 6.07) is 11.4. The van der Waals surface area contributed by atoms with Crippen molar-refractivity contribution in [3.05, 3.63) is 70.1 Å². The van der Waals surface area contributed by atoms with Gasteiger partial charge < -0.3 is 19.3 Å². The molecule has 3 aromatic rings. The van der Waals surface area contributed by atoms with Crippen LogP contribution in [0.3, 0.4) is 0 Å². The summed E-state index contributed by atoms with van der Waals surface area (Å²) < 4.78 is 39.7. The molecule has 29 heavy (non-hydrogen) atoms. The van der Waals surface area contributed by atoms with Crippen molar-refractivity contribution in [1.82, 2.24) is 5.16 Å². The van der Waals surface area contributed by atoms with Gasteiger partial charge in [0.1, 0.15) is 23.9 Å². The summed E-state index contributed by atoms with van der Waals surface area (Å²) in [5.41, 5.74) is 1.93. The van der Waals surface area contributed by atoms with E-state index in [0.717, 1.165) is 5.56 Å². The zero-order valence-electron chi connectivity index (χ0n) is 15.5. The van der Waals surface area contributed by atoms with E-state index >= 15 is 0 Å². The number of rotatable bonds is 7. The molecule has 0 aliphatic carbocycles. The van der Waals surface area contributed by atoms with E-state index in [1.807, 2.05) is 31.2 Å². The van der Waals surface area contributed by atoms with Gasteiger partial charge in [-0.3, -0.25) is 4.79 Å². The Morgan fingerprint density at radius 3 is 2.59 bits per heavy atom. The third-order valence-electron chi connectivity index (χ3n) is 4.01. The third-order valence-corrected chi connectivity index (χ3v) is 4.31. The zero-order valence-corrected chi connectivity index (χ0v) is 16.3. The number of halogens is 3. The van der Waals surface area contributed by atoms with Crippen molar-refractivity contribution in [2.24, 2.45) is 0 Å². The Hall–Kier alpha value is -3.13. The molecule has 0 bridgehead atoms. The molecule has 1 aromatic heterocycles. The molecule has 0 fully saturated rings. The maximum atomic E-state index is 12.6. The standard InChI is InChI=1S/C20H17ClF2N2O4/c1-11-3-6-14(7-4-11)27-10-15-12(2)29-25-18(15)19(26)24-13-5-8-17(16(21)9-13)28-20(22)23/h3-9,20H,10H2,1-2H3,(H,24,26). The topological polar surface area (TPSA) is 73.6 Å². The normalized spacial score (nSPS) is 10.8. The number of hydrogen-bond acceptors (Lipinski definition) is 5. The molecule has 1 N–H and O–H groups in total. The average molecular weight is 423 g/mol. The molecule has 9 heteroatoms. The molecule has 0 atom stereocenters. The van der Waals surface area contributed by atoms with E-state index in [1.165, 1.54) is 18.2 Å². The molecule has 0 aliphatic rings. The number of carbonyl (C=O) groups excluding carboxylic acids is 1. The second kappa shape index (κ2) is 8.91. The minimum Gasteiger partial charge on any atom is -0.489 e. The minimum atomic E-state index is -3.00. The molecule has 0 saturated carbocycles. The molecular weight excluding hydrogens is 406 g/mol. The van der Waals surface area contributed by atoms with Crippen LogP contribution in [0.1, 0.15) is 27.4 Å². The summed E-state index contributed by atoms with van der Waals surface area (Å²) in [6.07, 6.45) is 0. The van der Waals surface area contributed by atoms with Crippen molar-refractivity contribution in [3.8, 4) is 11.5 Å². The zero-order chi connectivity index (χ0) is 21.0. The summed E-state index contributed by atoms with van der Waals surface area (Å²) in [7, 11) is 0. The number of ether oxygens (including phenoxy) is 2. The van der Waals surface area contributed by atoms with Gasteiger partial charge in [0.2, 0.25) is 0 Å². The van der Waals surface area contributed by atoms with Crippen LogP contribution in [0.25, 0.3) is 0 Å². The smallest absolute Gasteiger partial charge is 0.387 e. The quantitative estimate of drug-likeness (QED) is 0.553. The Morgan fingerprint density at radius 2 is 1.93 bits per heavy atom. The van der Waals surface area contributed by atoms with Crippen molar-refractivity contribution in [3.63, 3.8) is 0 Å². The van der Waals surface area contributed by atoms with Crippen molar-refractivity contribution >= 4 is 23.2 Å². The van der Waals surface area contributed by atoms with Crippen LogP contribution in [-0.4, -0.2) is 17.7 Å². The van der Waals surface area contributed by atoms with Gasteiger partial charge in [0.05, 0.1) is 10.6 Å². The lowest BCUT2D eigenvalue weighted by atomic mass is 10.2. The van der Waals surface area contributed by atoms with E-state index < -0.39 is 12.5 Å². The summed E-state index contributed by atoms with van der Waals surface area (Å²) in [6.45, 7) is 0.727. The lowest BCUT2D eigenvalue weighted by molar-refractivity contribution is -0.0497. The van der Waals surface area contributed by atoms with Crippen molar-refractivity contribution in [2.45, 2.75) is 27.1 Å². The molecule has 0 spiro atoms. The number of carbonyl (C=O) groups is 1. The molecule has 3 rings (SSSR count). The van der Waals surface area contributed by atoms with Crippen LogP contribution in [-0.2, 0) is 6.61 Å². The molecule has 6 nitrogen and oxygen atoms in total. The molecular formula is C20H17ClF2N2O4. The highest BCUT2D eigenvalue weighted by atomic mass is 35.5. The highest BCUT2D eigenvalue weighted by Gasteiger charge is 2.21. The minimum absolute atomic E-state index is 0.0543. The maximum absolute atomic E-state index is 12.6. The molecule has 2 aromatic carbocycles. The van der Waals surface area contributed by atoms with E-state index in [9.17, 15) is 13.6 Å². The highest BCUT2D eigenvalue weighted by molar-refractivity contribution is 6.32. The Kier molecular flexibility index (Phi) is 6.33. The van der Waals surface area contributed by atoms with Gasteiger partial charge in [-0.1, -0.05) is 34.5 Å². The van der Waals surface area contributed by atoms with Gasteiger partial charge in [0.15, 0.2) is 5.69 Å². The number of alkyl halides is 2. The van der Waals surface area contributed by atoms with E-state index in [0.29, 0.717) is 17.1 Å². The van der Waals surface area contributed by atoms with Gasteiger partial charge in [-0.05, 0) is 44.2 Å².